The number of hydrogen-bond donors (Lipinski definition) is 2. The monoisotopic (exact) mass is 184 g/mol. The second-order valence-corrected chi connectivity index (χ2v) is 4.10. The zero-order valence-electron chi connectivity index (χ0n) is 8.98. The number of carbonyl (C=O) groups is 1. The third kappa shape index (κ3) is 6.34. The van der Waals surface area contributed by atoms with Gasteiger partial charge in [-0.3, -0.25) is 4.79 Å². The van der Waals surface area contributed by atoms with Gasteiger partial charge in [-0.05, 0) is 40.7 Å². The van der Waals surface area contributed by atoms with Crippen LogP contribution >= 0.6 is 0 Å². The Balaban J connectivity index is 3.83. The number of primary amides is 1. The zero-order valence-corrected chi connectivity index (χ0v) is 8.98. The molecule has 0 rings (SSSR count). The fraction of sp³-hybridized carbons (Fsp3) is 0.700. The van der Waals surface area contributed by atoms with Crippen LogP contribution in [0.2, 0.25) is 0 Å². The highest BCUT2D eigenvalue weighted by Crippen LogP contribution is 2.02. The number of nitrogens with one attached hydrogen (secondary N) is 1. The van der Waals surface area contributed by atoms with Crippen molar-refractivity contribution in [3.63, 3.8) is 0 Å². The van der Waals surface area contributed by atoms with Crippen LogP contribution in [0.5, 0.6) is 0 Å². The molecular weight excluding hydrogens is 164 g/mol. The molecule has 0 aliphatic rings. The number of amides is 1. The van der Waals surface area contributed by atoms with Crippen LogP contribution < -0.4 is 11.1 Å². The minimum absolute atomic E-state index is 0.0937. The van der Waals surface area contributed by atoms with E-state index in [2.05, 4.69) is 26.1 Å². The fourth-order valence-corrected chi connectivity index (χ4v) is 0.982. The molecule has 3 heteroatoms. The van der Waals surface area contributed by atoms with Crippen molar-refractivity contribution in [1.29, 1.82) is 0 Å². The first-order valence-corrected chi connectivity index (χ1v) is 4.57. The summed E-state index contributed by atoms with van der Waals surface area (Å²) < 4.78 is 0. The van der Waals surface area contributed by atoms with Gasteiger partial charge in [-0.25, -0.2) is 0 Å². The van der Waals surface area contributed by atoms with Gasteiger partial charge in [0.25, 0.3) is 0 Å². The first-order chi connectivity index (χ1) is 5.87. The van der Waals surface area contributed by atoms with Crippen LogP contribution in [0.15, 0.2) is 11.6 Å². The molecule has 0 atom stereocenters. The van der Waals surface area contributed by atoms with Gasteiger partial charge in [0, 0.05) is 11.1 Å². The van der Waals surface area contributed by atoms with Gasteiger partial charge in [0.15, 0.2) is 0 Å². The summed E-state index contributed by atoms with van der Waals surface area (Å²) in [5, 5.41) is 3.29. The number of nitrogens with two attached hydrogens (primary N) is 1. The van der Waals surface area contributed by atoms with Gasteiger partial charge < -0.3 is 11.1 Å². The van der Waals surface area contributed by atoms with Crippen LogP contribution in [0.4, 0.5) is 0 Å². The van der Waals surface area contributed by atoms with Gasteiger partial charge >= 0.3 is 0 Å². The molecule has 0 aromatic heterocycles. The van der Waals surface area contributed by atoms with Gasteiger partial charge in [0.2, 0.25) is 5.91 Å². The van der Waals surface area contributed by atoms with E-state index in [4.69, 9.17) is 5.73 Å². The number of allylic oxidation sites excluding steroid dienone is 1. The average molecular weight is 184 g/mol. The van der Waals surface area contributed by atoms with Crippen molar-refractivity contribution in [3.05, 3.63) is 11.6 Å². The molecule has 0 aliphatic carbocycles. The second-order valence-electron chi connectivity index (χ2n) is 4.10. The molecule has 3 N–H and O–H groups in total. The van der Waals surface area contributed by atoms with Crippen molar-refractivity contribution >= 4 is 5.91 Å². The van der Waals surface area contributed by atoms with E-state index in [-0.39, 0.29) is 11.4 Å². The smallest absolute Gasteiger partial charge is 0.244 e. The van der Waals surface area contributed by atoms with E-state index in [0.29, 0.717) is 12.0 Å². The van der Waals surface area contributed by atoms with Gasteiger partial charge in [0.05, 0.1) is 0 Å². The number of hydrogen-bond acceptors (Lipinski definition) is 2. The van der Waals surface area contributed by atoms with E-state index in [1.807, 2.05) is 6.92 Å². The number of rotatable bonds is 4. The normalized spacial score (nSPS) is 13.1. The van der Waals surface area contributed by atoms with E-state index >= 15 is 0 Å². The average Bonchev–Trinajstić information content (AvgIpc) is 1.95. The Hall–Kier alpha value is -0.830. The molecule has 13 heavy (non-hydrogen) atoms. The van der Waals surface area contributed by atoms with Crippen LogP contribution in [0.25, 0.3) is 0 Å². The highest BCUT2D eigenvalue weighted by molar-refractivity contribution is 5.91. The molecular formula is C10H20N2O. The summed E-state index contributed by atoms with van der Waals surface area (Å²) in [7, 11) is 0. The summed E-state index contributed by atoms with van der Waals surface area (Å²) in [6.07, 6.45) is 2.47. The molecule has 0 heterocycles. The van der Waals surface area contributed by atoms with Crippen LogP contribution in [0, 0.1) is 0 Å². The molecule has 0 aromatic carbocycles. The first kappa shape index (κ1) is 12.2. The lowest BCUT2D eigenvalue weighted by atomic mass is 10.1. The summed E-state index contributed by atoms with van der Waals surface area (Å²) in [4.78, 5) is 10.8. The van der Waals surface area contributed by atoms with Crippen molar-refractivity contribution in [2.75, 3.05) is 6.54 Å². The van der Waals surface area contributed by atoms with Crippen LogP contribution in [-0.2, 0) is 4.79 Å². The van der Waals surface area contributed by atoms with E-state index in [0.717, 1.165) is 6.54 Å². The summed E-state index contributed by atoms with van der Waals surface area (Å²) in [6.45, 7) is 8.88. The third-order valence-corrected chi connectivity index (χ3v) is 1.71. The van der Waals surface area contributed by atoms with Crippen LogP contribution in [0.1, 0.15) is 34.1 Å². The van der Waals surface area contributed by atoms with Crippen molar-refractivity contribution in [2.24, 2.45) is 5.73 Å². The maximum absolute atomic E-state index is 10.8. The highest BCUT2D eigenvalue weighted by atomic mass is 16.1. The topological polar surface area (TPSA) is 55.1 Å². The van der Waals surface area contributed by atoms with Gasteiger partial charge in [-0.2, -0.15) is 0 Å². The van der Waals surface area contributed by atoms with Crippen molar-refractivity contribution in [3.8, 4) is 0 Å². The predicted molar refractivity (Wildman–Crippen MR) is 55.3 cm³/mol. The number of carbonyl (C=O) groups excluding carboxylic acids is 1. The molecule has 0 saturated carbocycles. The van der Waals surface area contributed by atoms with Gasteiger partial charge in [-0.15, -0.1) is 0 Å². The van der Waals surface area contributed by atoms with Crippen molar-refractivity contribution < 1.29 is 4.79 Å². The Kier molecular flexibility index (Phi) is 4.70. The molecule has 0 bridgehead atoms. The molecule has 3 nitrogen and oxygen atoms in total. The standard InChI is InChI=1S/C10H20N2O/c1-5-8(9(11)13)6-7-12-10(2,3)4/h5,12H,6-7H2,1-4H3,(H2,11,13). The fourth-order valence-electron chi connectivity index (χ4n) is 0.982. The highest BCUT2D eigenvalue weighted by Gasteiger charge is 2.09. The zero-order chi connectivity index (χ0) is 10.5. The van der Waals surface area contributed by atoms with E-state index in [9.17, 15) is 4.79 Å². The molecule has 0 saturated heterocycles. The first-order valence-electron chi connectivity index (χ1n) is 4.57. The molecule has 0 aromatic rings. The minimum Gasteiger partial charge on any atom is -0.366 e. The lowest BCUT2D eigenvalue weighted by Gasteiger charge is -2.20. The summed E-state index contributed by atoms with van der Waals surface area (Å²) >= 11 is 0. The lowest BCUT2D eigenvalue weighted by molar-refractivity contribution is -0.114. The molecule has 0 spiro atoms. The molecule has 0 fully saturated rings. The third-order valence-electron chi connectivity index (χ3n) is 1.71. The summed E-state index contributed by atoms with van der Waals surface area (Å²) in [6, 6.07) is 0. The van der Waals surface area contributed by atoms with Crippen molar-refractivity contribution in [2.45, 2.75) is 39.7 Å². The molecule has 76 valence electrons. The van der Waals surface area contributed by atoms with Gasteiger partial charge in [-0.1, -0.05) is 6.08 Å². The molecule has 1 amide bonds. The molecule has 0 radical (unpaired) electrons. The Morgan fingerprint density at radius 1 is 1.46 bits per heavy atom. The summed E-state index contributed by atoms with van der Waals surface area (Å²) in [5.74, 6) is -0.321. The van der Waals surface area contributed by atoms with Gasteiger partial charge in [0.1, 0.15) is 0 Å². The van der Waals surface area contributed by atoms with Crippen LogP contribution in [0.3, 0.4) is 0 Å². The Morgan fingerprint density at radius 3 is 2.31 bits per heavy atom. The second kappa shape index (κ2) is 5.02. The quantitative estimate of drug-likeness (QED) is 0.645. The SMILES string of the molecule is CC=C(CCNC(C)(C)C)C(N)=O. The lowest BCUT2D eigenvalue weighted by Crippen LogP contribution is -2.37. The van der Waals surface area contributed by atoms with Crippen LogP contribution in [-0.4, -0.2) is 18.0 Å². The summed E-state index contributed by atoms with van der Waals surface area (Å²) in [5.41, 5.74) is 5.95. The van der Waals surface area contributed by atoms with Crippen molar-refractivity contribution in [1.82, 2.24) is 5.32 Å². The maximum Gasteiger partial charge on any atom is 0.244 e. The van der Waals surface area contributed by atoms with E-state index < -0.39 is 0 Å². The Labute approximate surface area is 80.4 Å². The molecule has 0 aliphatic heterocycles. The van der Waals surface area contributed by atoms with E-state index in [1.54, 1.807) is 6.08 Å². The Morgan fingerprint density at radius 2 is 2.00 bits per heavy atom. The maximum atomic E-state index is 10.8. The minimum atomic E-state index is -0.321. The molecule has 0 unspecified atom stereocenters. The van der Waals surface area contributed by atoms with E-state index in [1.165, 1.54) is 0 Å². The largest absolute Gasteiger partial charge is 0.366 e. The predicted octanol–water partition coefficient (Wildman–Crippen LogP) is 1.20. The Bertz CT molecular complexity index is 201.